The van der Waals surface area contributed by atoms with Gasteiger partial charge in [-0.25, -0.2) is 4.79 Å². The monoisotopic (exact) mass is 336 g/mol. The van der Waals surface area contributed by atoms with Gasteiger partial charge in [-0.3, -0.25) is 0 Å². The van der Waals surface area contributed by atoms with Gasteiger partial charge in [-0.05, 0) is 41.0 Å². The Labute approximate surface area is 146 Å². The first-order valence-corrected chi connectivity index (χ1v) is 8.03. The lowest BCUT2D eigenvalue weighted by molar-refractivity contribution is 0.251. The number of halogens is 1. The molecule has 0 atom stereocenters. The fourth-order valence-electron chi connectivity index (χ4n) is 2.34. The second kappa shape index (κ2) is 7.66. The molecule has 3 aromatic rings. The van der Waals surface area contributed by atoms with Crippen molar-refractivity contribution >= 4 is 23.3 Å². The third-order valence-corrected chi connectivity index (χ3v) is 3.87. The Morgan fingerprint density at radius 1 is 0.792 bits per heavy atom. The lowest BCUT2D eigenvalue weighted by Crippen LogP contribution is -2.28. The molecule has 2 amide bonds. The summed E-state index contributed by atoms with van der Waals surface area (Å²) in [6, 6.07) is 25.0. The van der Waals surface area contributed by atoms with Crippen molar-refractivity contribution in [3.63, 3.8) is 0 Å². The van der Waals surface area contributed by atoms with E-state index in [1.165, 1.54) is 0 Å². The Hall–Kier alpha value is -2.78. The Kier molecular flexibility index (Phi) is 5.14. The van der Waals surface area contributed by atoms with Crippen molar-refractivity contribution in [2.24, 2.45) is 0 Å². The number of hydrogen-bond donors (Lipinski definition) is 2. The minimum absolute atomic E-state index is 0.239. The molecule has 0 aliphatic heterocycles. The third kappa shape index (κ3) is 4.37. The molecule has 3 rings (SSSR count). The van der Waals surface area contributed by atoms with Crippen LogP contribution in [0.5, 0.6) is 0 Å². The fourth-order valence-corrected chi connectivity index (χ4v) is 2.46. The van der Waals surface area contributed by atoms with E-state index >= 15 is 0 Å². The summed E-state index contributed by atoms with van der Waals surface area (Å²) < 4.78 is 0. The summed E-state index contributed by atoms with van der Waals surface area (Å²) in [4.78, 5) is 12.0. The molecule has 3 aromatic carbocycles. The van der Waals surface area contributed by atoms with Crippen molar-refractivity contribution in [1.82, 2.24) is 5.32 Å². The van der Waals surface area contributed by atoms with Gasteiger partial charge in [-0.1, -0.05) is 66.2 Å². The van der Waals surface area contributed by atoms with E-state index in [0.29, 0.717) is 11.6 Å². The minimum atomic E-state index is -0.239. The predicted molar refractivity (Wildman–Crippen MR) is 99.2 cm³/mol. The molecule has 0 radical (unpaired) electrons. The van der Waals surface area contributed by atoms with E-state index in [4.69, 9.17) is 11.6 Å². The first kappa shape index (κ1) is 16.1. The number of hydrogen-bond acceptors (Lipinski definition) is 1. The van der Waals surface area contributed by atoms with Crippen LogP contribution in [0.25, 0.3) is 11.1 Å². The van der Waals surface area contributed by atoms with E-state index in [9.17, 15) is 4.79 Å². The van der Waals surface area contributed by atoms with Crippen LogP contribution in [-0.4, -0.2) is 6.03 Å². The van der Waals surface area contributed by atoms with Gasteiger partial charge in [0.25, 0.3) is 0 Å². The quantitative estimate of drug-likeness (QED) is 0.664. The highest BCUT2D eigenvalue weighted by atomic mass is 35.5. The second-order valence-electron chi connectivity index (χ2n) is 5.38. The number of anilines is 1. The number of carbonyl (C=O) groups excluding carboxylic acids is 1. The largest absolute Gasteiger partial charge is 0.334 e. The van der Waals surface area contributed by atoms with Gasteiger partial charge in [0.1, 0.15) is 0 Å². The van der Waals surface area contributed by atoms with Crippen molar-refractivity contribution in [1.29, 1.82) is 0 Å². The number of carbonyl (C=O) groups is 1. The summed E-state index contributed by atoms with van der Waals surface area (Å²) in [7, 11) is 0. The lowest BCUT2D eigenvalue weighted by Gasteiger charge is -2.09. The van der Waals surface area contributed by atoms with E-state index in [2.05, 4.69) is 22.8 Å². The van der Waals surface area contributed by atoms with E-state index in [1.807, 2.05) is 54.6 Å². The fraction of sp³-hybridized carbons (Fsp3) is 0.0500. The molecule has 0 spiro atoms. The molecule has 0 unspecified atom stereocenters. The maximum Gasteiger partial charge on any atom is 0.319 e. The van der Waals surface area contributed by atoms with Crippen LogP contribution < -0.4 is 10.6 Å². The molecule has 0 aliphatic rings. The summed E-state index contributed by atoms with van der Waals surface area (Å²) in [5.74, 6) is 0. The normalized spacial score (nSPS) is 10.2. The van der Waals surface area contributed by atoms with Crippen LogP contribution in [0.15, 0.2) is 78.9 Å². The van der Waals surface area contributed by atoms with Crippen molar-refractivity contribution < 1.29 is 4.79 Å². The van der Waals surface area contributed by atoms with Crippen molar-refractivity contribution in [2.45, 2.75) is 6.54 Å². The topological polar surface area (TPSA) is 41.1 Å². The molecular weight excluding hydrogens is 320 g/mol. The Balaban J connectivity index is 1.55. The van der Waals surface area contributed by atoms with Crippen LogP contribution in [0.1, 0.15) is 5.56 Å². The molecule has 0 saturated heterocycles. The van der Waals surface area contributed by atoms with E-state index in [-0.39, 0.29) is 6.03 Å². The van der Waals surface area contributed by atoms with Crippen molar-refractivity contribution in [3.05, 3.63) is 89.4 Å². The lowest BCUT2D eigenvalue weighted by atomic mass is 10.1. The average molecular weight is 337 g/mol. The minimum Gasteiger partial charge on any atom is -0.334 e. The maximum atomic E-state index is 12.0. The number of amides is 2. The molecule has 0 aliphatic carbocycles. The van der Waals surface area contributed by atoms with E-state index < -0.39 is 0 Å². The first-order valence-electron chi connectivity index (χ1n) is 7.65. The molecule has 24 heavy (non-hydrogen) atoms. The van der Waals surface area contributed by atoms with Crippen LogP contribution in [0.4, 0.5) is 10.5 Å². The smallest absolute Gasteiger partial charge is 0.319 e. The maximum absolute atomic E-state index is 12.0. The number of benzene rings is 3. The standard InChI is InChI=1S/C20H17ClN2O/c21-18-10-6-15(7-11-18)14-22-20(24)23-19-12-8-17(9-13-19)16-4-2-1-3-5-16/h1-13H,14H2,(H2,22,23,24). The summed E-state index contributed by atoms with van der Waals surface area (Å²) in [6.07, 6.45) is 0. The highest BCUT2D eigenvalue weighted by Gasteiger charge is 2.03. The zero-order valence-electron chi connectivity index (χ0n) is 13.0. The molecular formula is C20H17ClN2O. The van der Waals surface area contributed by atoms with Gasteiger partial charge in [0, 0.05) is 17.3 Å². The summed E-state index contributed by atoms with van der Waals surface area (Å²) in [6.45, 7) is 0.450. The molecule has 0 heterocycles. The zero-order chi connectivity index (χ0) is 16.8. The number of rotatable bonds is 4. The predicted octanol–water partition coefficient (Wildman–Crippen LogP) is 5.33. The molecule has 0 saturated carbocycles. The van der Waals surface area contributed by atoms with Gasteiger partial charge in [-0.2, -0.15) is 0 Å². The highest BCUT2D eigenvalue weighted by Crippen LogP contribution is 2.20. The third-order valence-electron chi connectivity index (χ3n) is 3.62. The van der Waals surface area contributed by atoms with Gasteiger partial charge in [-0.15, -0.1) is 0 Å². The van der Waals surface area contributed by atoms with Crippen LogP contribution in [0, 0.1) is 0 Å². The SMILES string of the molecule is O=C(NCc1ccc(Cl)cc1)Nc1ccc(-c2ccccc2)cc1. The van der Waals surface area contributed by atoms with Crippen LogP contribution in [-0.2, 0) is 6.54 Å². The van der Waals surface area contributed by atoms with Crippen molar-refractivity contribution in [3.8, 4) is 11.1 Å². The van der Waals surface area contributed by atoms with E-state index in [0.717, 1.165) is 22.4 Å². The van der Waals surface area contributed by atoms with Gasteiger partial charge in [0.15, 0.2) is 0 Å². The number of urea groups is 1. The summed E-state index contributed by atoms with van der Waals surface area (Å²) >= 11 is 5.84. The van der Waals surface area contributed by atoms with Crippen LogP contribution in [0.3, 0.4) is 0 Å². The molecule has 0 bridgehead atoms. The molecule has 2 N–H and O–H groups in total. The second-order valence-corrected chi connectivity index (χ2v) is 5.81. The zero-order valence-corrected chi connectivity index (χ0v) is 13.8. The van der Waals surface area contributed by atoms with Crippen LogP contribution >= 0.6 is 11.6 Å². The average Bonchev–Trinajstić information content (AvgIpc) is 2.63. The van der Waals surface area contributed by atoms with Crippen molar-refractivity contribution in [2.75, 3.05) is 5.32 Å². The van der Waals surface area contributed by atoms with E-state index in [1.54, 1.807) is 12.1 Å². The first-order chi connectivity index (χ1) is 11.7. The van der Waals surface area contributed by atoms with Gasteiger partial charge in [0.2, 0.25) is 0 Å². The van der Waals surface area contributed by atoms with Gasteiger partial charge in [0.05, 0.1) is 0 Å². The van der Waals surface area contributed by atoms with Gasteiger partial charge < -0.3 is 10.6 Å². The number of nitrogens with one attached hydrogen (secondary N) is 2. The molecule has 4 heteroatoms. The van der Waals surface area contributed by atoms with Crippen LogP contribution in [0.2, 0.25) is 5.02 Å². The molecule has 0 fully saturated rings. The molecule has 0 aromatic heterocycles. The van der Waals surface area contributed by atoms with Gasteiger partial charge >= 0.3 is 6.03 Å². The molecule has 3 nitrogen and oxygen atoms in total. The Bertz CT molecular complexity index is 799. The summed E-state index contributed by atoms with van der Waals surface area (Å²) in [5, 5.41) is 6.33. The Morgan fingerprint density at radius 2 is 1.42 bits per heavy atom. The molecule has 120 valence electrons. The Morgan fingerprint density at radius 3 is 2.08 bits per heavy atom. The summed E-state index contributed by atoms with van der Waals surface area (Å²) in [5.41, 5.74) is 4.01. The highest BCUT2D eigenvalue weighted by molar-refractivity contribution is 6.30.